The van der Waals surface area contributed by atoms with Gasteiger partial charge in [0.15, 0.2) is 0 Å². The Balaban J connectivity index is 3.05. The minimum absolute atomic E-state index is 0.00901. The molecule has 1 amide bonds. The topological polar surface area (TPSA) is 77.8 Å². The summed E-state index contributed by atoms with van der Waals surface area (Å²) in [4.78, 5) is 24.0. The van der Waals surface area contributed by atoms with Crippen LogP contribution in [0.5, 0.6) is 5.75 Å². The van der Waals surface area contributed by atoms with Gasteiger partial charge in [-0.05, 0) is 19.1 Å². The highest BCUT2D eigenvalue weighted by Gasteiger charge is 2.19. The lowest BCUT2D eigenvalue weighted by Gasteiger charge is -2.20. The van der Waals surface area contributed by atoms with Crippen LogP contribution in [0.25, 0.3) is 0 Å². The predicted molar refractivity (Wildman–Crippen MR) is 66.6 cm³/mol. The van der Waals surface area contributed by atoms with E-state index in [1.165, 1.54) is 12.1 Å². The van der Waals surface area contributed by atoms with Gasteiger partial charge in [0, 0.05) is 17.7 Å². The largest absolute Gasteiger partial charge is 0.508 e. The second-order valence-electron chi connectivity index (χ2n) is 3.82. The first-order valence-corrected chi connectivity index (χ1v) is 5.38. The number of carboxylic acids is 1. The zero-order valence-corrected chi connectivity index (χ0v) is 10.1. The first-order valence-electron chi connectivity index (χ1n) is 5.38. The van der Waals surface area contributed by atoms with Crippen molar-refractivity contribution in [3.05, 3.63) is 42.0 Å². The monoisotopic (exact) mass is 249 g/mol. The average molecular weight is 249 g/mol. The van der Waals surface area contributed by atoms with E-state index in [4.69, 9.17) is 5.11 Å². The minimum Gasteiger partial charge on any atom is -0.508 e. The molecule has 0 saturated carbocycles. The molecule has 0 aliphatic rings. The molecule has 0 unspecified atom stereocenters. The third-order valence-electron chi connectivity index (χ3n) is 2.50. The Hall–Kier alpha value is -2.30. The summed E-state index contributed by atoms with van der Waals surface area (Å²) in [6.07, 6.45) is 1.46. The zero-order valence-electron chi connectivity index (χ0n) is 10.1. The molecule has 1 aromatic rings. The average Bonchev–Trinajstić information content (AvgIpc) is 2.31. The number of rotatable bonds is 5. The Bertz CT molecular complexity index is 482. The fourth-order valence-electron chi connectivity index (χ4n) is 1.56. The van der Waals surface area contributed by atoms with E-state index >= 15 is 0 Å². The minimum atomic E-state index is -1.09. The van der Waals surface area contributed by atoms with E-state index in [1.807, 2.05) is 0 Å². The van der Waals surface area contributed by atoms with Gasteiger partial charge < -0.3 is 15.1 Å². The molecule has 0 aliphatic heterocycles. The number of amides is 1. The first-order chi connectivity index (χ1) is 8.47. The molecule has 0 bridgehead atoms. The van der Waals surface area contributed by atoms with E-state index in [2.05, 4.69) is 6.58 Å². The molecule has 5 nitrogen and oxygen atoms in total. The fourth-order valence-corrected chi connectivity index (χ4v) is 1.56. The lowest BCUT2D eigenvalue weighted by atomic mass is 10.1. The number of phenolic OH excluding ortho intramolecular Hbond substituents is 1. The maximum absolute atomic E-state index is 12.1. The molecule has 0 atom stereocenters. The third kappa shape index (κ3) is 3.10. The van der Waals surface area contributed by atoms with E-state index < -0.39 is 18.4 Å². The van der Waals surface area contributed by atoms with E-state index in [0.29, 0.717) is 5.56 Å². The number of benzene rings is 1. The van der Waals surface area contributed by atoms with Gasteiger partial charge in [-0.3, -0.25) is 9.59 Å². The number of carboxylic acid groups (broad SMARTS) is 1. The maximum atomic E-state index is 12.1. The highest BCUT2D eigenvalue weighted by molar-refractivity contribution is 5.97. The molecular formula is C13H15NO4. The van der Waals surface area contributed by atoms with Gasteiger partial charge in [-0.15, -0.1) is 6.58 Å². The Morgan fingerprint density at radius 2 is 2.11 bits per heavy atom. The summed E-state index contributed by atoms with van der Waals surface area (Å²) in [6, 6.07) is 4.57. The van der Waals surface area contributed by atoms with Crippen LogP contribution < -0.4 is 0 Å². The van der Waals surface area contributed by atoms with Crippen LogP contribution in [0.3, 0.4) is 0 Å². The SMILES string of the molecule is C=CCN(CC(=O)O)C(=O)c1cccc(O)c1C. The van der Waals surface area contributed by atoms with E-state index in [9.17, 15) is 14.7 Å². The second kappa shape index (κ2) is 5.86. The highest BCUT2D eigenvalue weighted by Crippen LogP contribution is 2.20. The van der Waals surface area contributed by atoms with E-state index in [-0.39, 0.29) is 17.9 Å². The Morgan fingerprint density at radius 3 is 2.67 bits per heavy atom. The number of carbonyl (C=O) groups excluding carboxylic acids is 1. The summed E-state index contributed by atoms with van der Waals surface area (Å²) < 4.78 is 0. The van der Waals surface area contributed by atoms with Gasteiger partial charge in [-0.2, -0.15) is 0 Å². The molecule has 96 valence electrons. The predicted octanol–water partition coefficient (Wildman–Crippen LogP) is 1.41. The van der Waals surface area contributed by atoms with Crippen molar-refractivity contribution >= 4 is 11.9 Å². The molecule has 0 fully saturated rings. The quantitative estimate of drug-likeness (QED) is 0.773. The number of aliphatic carboxylic acids is 1. The lowest BCUT2D eigenvalue weighted by molar-refractivity contribution is -0.137. The summed E-state index contributed by atoms with van der Waals surface area (Å²) >= 11 is 0. The smallest absolute Gasteiger partial charge is 0.323 e. The third-order valence-corrected chi connectivity index (χ3v) is 2.50. The molecule has 0 aliphatic carbocycles. The van der Waals surface area contributed by atoms with Gasteiger partial charge in [0.1, 0.15) is 12.3 Å². The Morgan fingerprint density at radius 1 is 1.44 bits per heavy atom. The van der Waals surface area contributed by atoms with Gasteiger partial charge in [0.25, 0.3) is 5.91 Å². The van der Waals surface area contributed by atoms with Gasteiger partial charge in [0.2, 0.25) is 0 Å². The first kappa shape index (κ1) is 13.8. The van der Waals surface area contributed by atoms with Crippen molar-refractivity contribution < 1.29 is 19.8 Å². The van der Waals surface area contributed by atoms with Crippen LogP contribution in [-0.2, 0) is 4.79 Å². The van der Waals surface area contributed by atoms with Crippen LogP contribution in [0.4, 0.5) is 0 Å². The normalized spacial score (nSPS) is 9.83. The molecule has 0 spiro atoms. The van der Waals surface area contributed by atoms with Crippen LogP contribution in [-0.4, -0.2) is 40.1 Å². The Kier molecular flexibility index (Phi) is 4.48. The molecule has 0 saturated heterocycles. The summed E-state index contributed by atoms with van der Waals surface area (Å²) in [5.74, 6) is -1.52. The van der Waals surface area contributed by atoms with Crippen molar-refractivity contribution in [2.24, 2.45) is 0 Å². The van der Waals surface area contributed by atoms with Crippen LogP contribution in [0.2, 0.25) is 0 Å². The highest BCUT2D eigenvalue weighted by atomic mass is 16.4. The molecule has 0 heterocycles. The van der Waals surface area contributed by atoms with Crippen molar-refractivity contribution in [2.45, 2.75) is 6.92 Å². The number of aromatic hydroxyl groups is 1. The van der Waals surface area contributed by atoms with Gasteiger partial charge >= 0.3 is 5.97 Å². The summed E-state index contributed by atoms with van der Waals surface area (Å²) in [5.41, 5.74) is 0.722. The summed E-state index contributed by atoms with van der Waals surface area (Å²) in [6.45, 7) is 4.83. The summed E-state index contributed by atoms with van der Waals surface area (Å²) in [7, 11) is 0. The summed E-state index contributed by atoms with van der Waals surface area (Å²) in [5, 5.41) is 18.3. The van der Waals surface area contributed by atoms with E-state index in [0.717, 1.165) is 4.90 Å². The number of carbonyl (C=O) groups is 2. The van der Waals surface area contributed by atoms with Crippen LogP contribution >= 0.6 is 0 Å². The van der Waals surface area contributed by atoms with Gasteiger partial charge in [-0.25, -0.2) is 0 Å². The second-order valence-corrected chi connectivity index (χ2v) is 3.82. The van der Waals surface area contributed by atoms with Crippen molar-refractivity contribution in [1.29, 1.82) is 0 Å². The molecule has 0 aromatic heterocycles. The van der Waals surface area contributed by atoms with Crippen LogP contribution in [0.15, 0.2) is 30.9 Å². The molecule has 1 rings (SSSR count). The molecule has 5 heteroatoms. The standard InChI is InChI=1S/C13H15NO4/c1-3-7-14(8-12(16)17)13(18)10-5-4-6-11(15)9(10)2/h3-6,15H,1,7-8H2,2H3,(H,16,17). The number of nitrogens with zero attached hydrogens (tertiary/aromatic N) is 1. The van der Waals surface area contributed by atoms with Crippen molar-refractivity contribution in [3.8, 4) is 5.75 Å². The van der Waals surface area contributed by atoms with Gasteiger partial charge in [-0.1, -0.05) is 12.1 Å². The van der Waals surface area contributed by atoms with Gasteiger partial charge in [0.05, 0.1) is 0 Å². The molecule has 1 aromatic carbocycles. The lowest BCUT2D eigenvalue weighted by Crippen LogP contribution is -2.36. The molecule has 2 N–H and O–H groups in total. The number of phenols is 1. The van der Waals surface area contributed by atoms with E-state index in [1.54, 1.807) is 19.1 Å². The molecule has 0 radical (unpaired) electrons. The molecular weight excluding hydrogens is 234 g/mol. The molecule has 18 heavy (non-hydrogen) atoms. The number of hydrogen-bond donors (Lipinski definition) is 2. The van der Waals surface area contributed by atoms with Crippen molar-refractivity contribution in [2.75, 3.05) is 13.1 Å². The van der Waals surface area contributed by atoms with Crippen LogP contribution in [0.1, 0.15) is 15.9 Å². The Labute approximate surface area is 105 Å². The zero-order chi connectivity index (χ0) is 13.7. The number of hydrogen-bond acceptors (Lipinski definition) is 3. The van der Waals surface area contributed by atoms with Crippen LogP contribution in [0, 0.1) is 6.92 Å². The maximum Gasteiger partial charge on any atom is 0.323 e. The van der Waals surface area contributed by atoms with Crippen molar-refractivity contribution in [3.63, 3.8) is 0 Å². The fraction of sp³-hybridized carbons (Fsp3) is 0.231. The van der Waals surface area contributed by atoms with Crippen molar-refractivity contribution in [1.82, 2.24) is 4.90 Å².